The Morgan fingerprint density at radius 1 is 1.62 bits per heavy atom. The SMILES string of the molecule is Cc1nn(C)c(CC(=O)O)c1-c1cc[nH]c1. The third kappa shape index (κ3) is 1.71. The van der Waals surface area contributed by atoms with E-state index in [0.717, 1.165) is 22.5 Å². The second-order valence-corrected chi connectivity index (χ2v) is 3.70. The molecule has 0 atom stereocenters. The van der Waals surface area contributed by atoms with Crippen molar-refractivity contribution in [2.45, 2.75) is 13.3 Å². The fourth-order valence-corrected chi connectivity index (χ4v) is 1.91. The third-order valence-electron chi connectivity index (χ3n) is 2.55. The first-order valence-corrected chi connectivity index (χ1v) is 4.97. The molecule has 2 rings (SSSR count). The Morgan fingerprint density at radius 3 is 2.94 bits per heavy atom. The number of hydrogen-bond donors (Lipinski definition) is 2. The van der Waals surface area contributed by atoms with Crippen LogP contribution in [-0.4, -0.2) is 25.8 Å². The van der Waals surface area contributed by atoms with Crippen molar-refractivity contribution in [1.82, 2.24) is 14.8 Å². The van der Waals surface area contributed by atoms with Crippen LogP contribution >= 0.6 is 0 Å². The van der Waals surface area contributed by atoms with Crippen molar-refractivity contribution in [2.24, 2.45) is 7.05 Å². The first-order chi connectivity index (χ1) is 7.59. The van der Waals surface area contributed by atoms with Crippen molar-refractivity contribution >= 4 is 5.97 Å². The van der Waals surface area contributed by atoms with E-state index >= 15 is 0 Å². The Morgan fingerprint density at radius 2 is 2.38 bits per heavy atom. The lowest BCUT2D eigenvalue weighted by Gasteiger charge is -2.02. The van der Waals surface area contributed by atoms with Gasteiger partial charge >= 0.3 is 5.97 Å². The molecule has 0 aliphatic rings. The van der Waals surface area contributed by atoms with Crippen LogP contribution in [0.4, 0.5) is 0 Å². The first kappa shape index (κ1) is 10.5. The highest BCUT2D eigenvalue weighted by atomic mass is 16.4. The molecule has 0 unspecified atom stereocenters. The quantitative estimate of drug-likeness (QED) is 0.818. The van der Waals surface area contributed by atoms with Gasteiger partial charge in [0.1, 0.15) is 0 Å². The molecule has 0 aromatic carbocycles. The van der Waals surface area contributed by atoms with Crippen LogP contribution < -0.4 is 0 Å². The van der Waals surface area contributed by atoms with Crippen molar-refractivity contribution in [3.05, 3.63) is 29.8 Å². The van der Waals surface area contributed by atoms with Crippen LogP contribution in [0, 0.1) is 6.92 Å². The van der Waals surface area contributed by atoms with Gasteiger partial charge in [0.25, 0.3) is 0 Å². The molecule has 2 N–H and O–H groups in total. The summed E-state index contributed by atoms with van der Waals surface area (Å²) in [6, 6.07) is 1.91. The van der Waals surface area contributed by atoms with Gasteiger partial charge in [-0.2, -0.15) is 5.10 Å². The molecule has 16 heavy (non-hydrogen) atoms. The van der Waals surface area contributed by atoms with Crippen molar-refractivity contribution in [1.29, 1.82) is 0 Å². The molecule has 0 amide bonds. The fraction of sp³-hybridized carbons (Fsp3) is 0.273. The molecule has 0 aliphatic heterocycles. The zero-order chi connectivity index (χ0) is 11.7. The Hall–Kier alpha value is -2.04. The van der Waals surface area contributed by atoms with Gasteiger partial charge in [-0.25, -0.2) is 0 Å². The summed E-state index contributed by atoms with van der Waals surface area (Å²) < 4.78 is 1.63. The van der Waals surface area contributed by atoms with Crippen LogP contribution in [0.1, 0.15) is 11.4 Å². The van der Waals surface area contributed by atoms with Gasteiger partial charge in [0, 0.05) is 30.6 Å². The lowest BCUT2D eigenvalue weighted by Crippen LogP contribution is -2.06. The van der Waals surface area contributed by atoms with Gasteiger partial charge < -0.3 is 10.1 Å². The number of hydrogen-bond acceptors (Lipinski definition) is 2. The summed E-state index contributed by atoms with van der Waals surface area (Å²) in [5.74, 6) is -0.847. The topological polar surface area (TPSA) is 70.9 Å². The molecule has 2 heterocycles. The smallest absolute Gasteiger partial charge is 0.309 e. The van der Waals surface area contributed by atoms with E-state index in [1.807, 2.05) is 25.4 Å². The lowest BCUT2D eigenvalue weighted by molar-refractivity contribution is -0.136. The average molecular weight is 219 g/mol. The monoisotopic (exact) mass is 219 g/mol. The highest BCUT2D eigenvalue weighted by Gasteiger charge is 2.17. The maximum absolute atomic E-state index is 10.8. The Bertz CT molecular complexity index is 512. The van der Waals surface area contributed by atoms with E-state index in [4.69, 9.17) is 5.11 Å². The summed E-state index contributed by atoms with van der Waals surface area (Å²) in [6.07, 6.45) is 3.64. The predicted octanol–water partition coefficient (Wildman–Crippen LogP) is 1.35. The zero-order valence-electron chi connectivity index (χ0n) is 9.19. The van der Waals surface area contributed by atoms with E-state index in [1.54, 1.807) is 11.7 Å². The highest BCUT2D eigenvalue weighted by molar-refractivity contribution is 5.76. The number of nitrogens with one attached hydrogen (secondary N) is 1. The Kier molecular flexibility index (Phi) is 2.52. The Balaban J connectivity index is 2.55. The number of aryl methyl sites for hydroxylation is 2. The van der Waals surface area contributed by atoms with E-state index in [0.29, 0.717) is 0 Å². The molecule has 0 aliphatic carbocycles. The second-order valence-electron chi connectivity index (χ2n) is 3.70. The van der Waals surface area contributed by atoms with Gasteiger partial charge in [0.05, 0.1) is 17.8 Å². The van der Waals surface area contributed by atoms with Crippen molar-refractivity contribution in [2.75, 3.05) is 0 Å². The number of aliphatic carboxylic acids is 1. The van der Waals surface area contributed by atoms with E-state index in [9.17, 15) is 4.79 Å². The maximum Gasteiger partial charge on any atom is 0.309 e. The largest absolute Gasteiger partial charge is 0.481 e. The molecule has 5 nitrogen and oxygen atoms in total. The second kappa shape index (κ2) is 3.84. The van der Waals surface area contributed by atoms with Crippen LogP contribution in [0.3, 0.4) is 0 Å². The number of aromatic nitrogens is 3. The number of carboxylic acids is 1. The van der Waals surface area contributed by atoms with Gasteiger partial charge in [-0.15, -0.1) is 0 Å². The normalized spacial score (nSPS) is 10.6. The standard InChI is InChI=1S/C11H13N3O2/c1-7-11(8-3-4-12-6-8)9(5-10(15)16)14(2)13-7/h3-4,6,12H,5H2,1-2H3,(H,15,16). The molecule has 5 heteroatoms. The van der Waals surface area contributed by atoms with Crippen LogP contribution in [-0.2, 0) is 18.3 Å². The summed E-state index contributed by atoms with van der Waals surface area (Å²) in [4.78, 5) is 13.8. The molecular formula is C11H13N3O2. The average Bonchev–Trinajstić information content (AvgIpc) is 2.75. The number of carboxylic acid groups (broad SMARTS) is 1. The summed E-state index contributed by atoms with van der Waals surface area (Å²) in [5, 5.41) is 13.1. The van der Waals surface area contributed by atoms with Gasteiger partial charge in [-0.05, 0) is 13.0 Å². The number of rotatable bonds is 3. The number of carbonyl (C=O) groups is 1. The molecule has 0 bridgehead atoms. The number of nitrogens with zero attached hydrogens (tertiary/aromatic N) is 2. The molecule has 0 saturated heterocycles. The lowest BCUT2D eigenvalue weighted by atomic mass is 10.1. The number of aromatic amines is 1. The molecule has 84 valence electrons. The minimum atomic E-state index is -0.847. The first-order valence-electron chi connectivity index (χ1n) is 4.97. The van der Waals surface area contributed by atoms with Crippen molar-refractivity contribution in [3.8, 4) is 11.1 Å². The Labute approximate surface area is 92.7 Å². The van der Waals surface area contributed by atoms with Crippen molar-refractivity contribution in [3.63, 3.8) is 0 Å². The van der Waals surface area contributed by atoms with Gasteiger partial charge in [0.2, 0.25) is 0 Å². The van der Waals surface area contributed by atoms with Crippen LogP contribution in [0.15, 0.2) is 18.5 Å². The molecule has 2 aromatic rings. The van der Waals surface area contributed by atoms with E-state index in [2.05, 4.69) is 10.1 Å². The van der Waals surface area contributed by atoms with E-state index in [-0.39, 0.29) is 6.42 Å². The van der Waals surface area contributed by atoms with Crippen LogP contribution in [0.5, 0.6) is 0 Å². The molecule has 0 spiro atoms. The van der Waals surface area contributed by atoms with Gasteiger partial charge in [0.15, 0.2) is 0 Å². The summed E-state index contributed by atoms with van der Waals surface area (Å²) in [7, 11) is 1.77. The molecule has 2 aromatic heterocycles. The molecule has 0 fully saturated rings. The highest BCUT2D eigenvalue weighted by Crippen LogP contribution is 2.26. The number of H-pyrrole nitrogens is 1. The van der Waals surface area contributed by atoms with E-state index in [1.165, 1.54) is 0 Å². The molecule has 0 saturated carbocycles. The molecule has 0 radical (unpaired) electrons. The van der Waals surface area contributed by atoms with E-state index < -0.39 is 5.97 Å². The van der Waals surface area contributed by atoms with Crippen molar-refractivity contribution < 1.29 is 9.90 Å². The minimum absolute atomic E-state index is 0.0160. The summed E-state index contributed by atoms with van der Waals surface area (Å²) in [5.41, 5.74) is 3.45. The summed E-state index contributed by atoms with van der Waals surface area (Å²) in [6.45, 7) is 1.88. The maximum atomic E-state index is 10.8. The minimum Gasteiger partial charge on any atom is -0.481 e. The zero-order valence-corrected chi connectivity index (χ0v) is 9.19. The fourth-order valence-electron chi connectivity index (χ4n) is 1.91. The van der Waals surface area contributed by atoms with Gasteiger partial charge in [-0.3, -0.25) is 9.48 Å². The molecular weight excluding hydrogens is 206 g/mol. The van der Waals surface area contributed by atoms with Crippen LogP contribution in [0.2, 0.25) is 0 Å². The third-order valence-corrected chi connectivity index (χ3v) is 2.55. The van der Waals surface area contributed by atoms with Gasteiger partial charge in [-0.1, -0.05) is 0 Å². The predicted molar refractivity (Wildman–Crippen MR) is 59.1 cm³/mol. The summed E-state index contributed by atoms with van der Waals surface area (Å²) >= 11 is 0. The van der Waals surface area contributed by atoms with Crippen LogP contribution in [0.25, 0.3) is 11.1 Å².